The van der Waals surface area contributed by atoms with Gasteiger partial charge in [0.05, 0.1) is 10.5 Å². The smallest absolute Gasteiger partial charge is 0.293 e. The average Bonchev–Trinajstić information content (AvgIpc) is 3.22. The highest BCUT2D eigenvalue weighted by molar-refractivity contribution is 6.02. The molecule has 1 aliphatic rings. The average molecular weight is 291 g/mol. The van der Waals surface area contributed by atoms with E-state index in [0.717, 1.165) is 19.3 Å². The molecule has 2 unspecified atom stereocenters. The highest BCUT2D eigenvalue weighted by atomic mass is 16.6. The fraction of sp³-hybridized carbons (Fsp3) is 0.533. The molecular formula is C15H21N3O3. The summed E-state index contributed by atoms with van der Waals surface area (Å²) in [5.74, 6) is 0.304. The summed E-state index contributed by atoms with van der Waals surface area (Å²) < 4.78 is 0. The molecule has 0 saturated heterocycles. The van der Waals surface area contributed by atoms with Crippen molar-refractivity contribution < 1.29 is 9.72 Å². The van der Waals surface area contributed by atoms with Crippen molar-refractivity contribution in [3.63, 3.8) is 0 Å². The number of nitro benzene ring substituents is 1. The van der Waals surface area contributed by atoms with E-state index >= 15 is 0 Å². The lowest BCUT2D eigenvalue weighted by molar-refractivity contribution is -0.384. The number of hydrogen-bond acceptors (Lipinski definition) is 4. The Bertz CT molecular complexity index is 545. The molecule has 1 aromatic rings. The molecule has 21 heavy (non-hydrogen) atoms. The minimum atomic E-state index is -0.458. The first kappa shape index (κ1) is 15.3. The standard InChI is InChI=1S/C15H21N3O3/c1-3-8-16-14-11(6-5-7-13(14)18(20)21)15(19)17-12-9-10(12)4-2/h5-7,10,12,16H,3-4,8-9H2,1-2H3,(H,17,19). The summed E-state index contributed by atoms with van der Waals surface area (Å²) in [4.78, 5) is 23.0. The minimum Gasteiger partial charge on any atom is -0.379 e. The van der Waals surface area contributed by atoms with Crippen LogP contribution in [0.5, 0.6) is 0 Å². The first-order valence-corrected chi connectivity index (χ1v) is 7.40. The maximum absolute atomic E-state index is 12.3. The summed E-state index contributed by atoms with van der Waals surface area (Å²) in [6, 6.07) is 4.81. The van der Waals surface area contributed by atoms with Crippen molar-refractivity contribution in [2.75, 3.05) is 11.9 Å². The predicted molar refractivity (Wildman–Crippen MR) is 81.5 cm³/mol. The molecule has 6 heteroatoms. The van der Waals surface area contributed by atoms with Crippen LogP contribution < -0.4 is 10.6 Å². The number of hydrogen-bond donors (Lipinski definition) is 2. The molecule has 6 nitrogen and oxygen atoms in total. The van der Waals surface area contributed by atoms with Crippen LogP contribution in [-0.4, -0.2) is 23.4 Å². The topological polar surface area (TPSA) is 84.3 Å². The predicted octanol–water partition coefficient (Wildman–Crippen LogP) is 2.95. The molecule has 1 aromatic carbocycles. The minimum absolute atomic E-state index is 0.0565. The van der Waals surface area contributed by atoms with E-state index in [1.807, 2.05) is 6.92 Å². The van der Waals surface area contributed by atoms with Gasteiger partial charge in [-0.05, 0) is 24.8 Å². The van der Waals surface area contributed by atoms with Gasteiger partial charge in [0.1, 0.15) is 5.69 Å². The van der Waals surface area contributed by atoms with Crippen LogP contribution in [-0.2, 0) is 0 Å². The zero-order valence-corrected chi connectivity index (χ0v) is 12.4. The Morgan fingerprint density at radius 1 is 1.43 bits per heavy atom. The van der Waals surface area contributed by atoms with Gasteiger partial charge in [-0.3, -0.25) is 14.9 Å². The Hall–Kier alpha value is -2.11. The molecule has 2 atom stereocenters. The lowest BCUT2D eigenvalue weighted by atomic mass is 10.1. The van der Waals surface area contributed by atoms with Gasteiger partial charge >= 0.3 is 0 Å². The van der Waals surface area contributed by atoms with E-state index in [4.69, 9.17) is 0 Å². The molecule has 1 saturated carbocycles. The molecule has 2 rings (SSSR count). The third-order valence-electron chi connectivity index (χ3n) is 3.80. The third-order valence-corrected chi connectivity index (χ3v) is 3.80. The molecule has 2 N–H and O–H groups in total. The molecule has 1 aliphatic carbocycles. The molecule has 1 fully saturated rings. The monoisotopic (exact) mass is 291 g/mol. The zero-order chi connectivity index (χ0) is 15.4. The number of nitrogens with zero attached hydrogens (tertiary/aromatic N) is 1. The number of amides is 1. The van der Waals surface area contributed by atoms with Crippen LogP contribution >= 0.6 is 0 Å². The van der Waals surface area contributed by atoms with Crippen molar-refractivity contribution >= 4 is 17.3 Å². The van der Waals surface area contributed by atoms with Gasteiger partial charge in [0.15, 0.2) is 0 Å². The summed E-state index contributed by atoms with van der Waals surface area (Å²) in [6.07, 6.45) is 2.86. The number of para-hydroxylation sites is 1. The Morgan fingerprint density at radius 3 is 2.76 bits per heavy atom. The third kappa shape index (κ3) is 3.51. The Labute approximate surface area is 124 Å². The molecule has 0 spiro atoms. The van der Waals surface area contributed by atoms with Gasteiger partial charge in [-0.2, -0.15) is 0 Å². The Kier molecular flexibility index (Phi) is 4.77. The van der Waals surface area contributed by atoms with E-state index in [-0.39, 0.29) is 17.6 Å². The summed E-state index contributed by atoms with van der Waals surface area (Å²) in [6.45, 7) is 4.65. The Morgan fingerprint density at radius 2 is 2.19 bits per heavy atom. The van der Waals surface area contributed by atoms with Crippen LogP contribution in [0, 0.1) is 16.0 Å². The van der Waals surface area contributed by atoms with E-state index in [1.165, 1.54) is 6.07 Å². The molecule has 1 amide bonds. The van der Waals surface area contributed by atoms with Crippen LogP contribution in [0.15, 0.2) is 18.2 Å². The van der Waals surface area contributed by atoms with Crippen molar-refractivity contribution in [1.29, 1.82) is 0 Å². The van der Waals surface area contributed by atoms with Crippen LogP contribution in [0.1, 0.15) is 43.5 Å². The SMILES string of the molecule is CCCNc1c(C(=O)NC2CC2CC)cccc1[N+](=O)[O-]. The fourth-order valence-corrected chi connectivity index (χ4v) is 2.44. The number of nitro groups is 1. The van der Waals surface area contributed by atoms with Crippen molar-refractivity contribution in [2.45, 2.75) is 39.2 Å². The summed E-state index contributed by atoms with van der Waals surface area (Å²) in [7, 11) is 0. The highest BCUT2D eigenvalue weighted by Gasteiger charge is 2.37. The molecule has 0 aromatic heterocycles. The second-order valence-electron chi connectivity index (χ2n) is 5.37. The van der Waals surface area contributed by atoms with Gasteiger partial charge in [-0.25, -0.2) is 0 Å². The number of rotatable bonds is 7. The van der Waals surface area contributed by atoms with E-state index in [2.05, 4.69) is 17.6 Å². The zero-order valence-electron chi connectivity index (χ0n) is 12.4. The molecule has 0 heterocycles. The van der Waals surface area contributed by atoms with Crippen LogP contribution in [0.3, 0.4) is 0 Å². The highest BCUT2D eigenvalue weighted by Crippen LogP contribution is 2.34. The van der Waals surface area contributed by atoms with Gasteiger partial charge in [0, 0.05) is 18.7 Å². The second kappa shape index (κ2) is 6.56. The van der Waals surface area contributed by atoms with Crippen LogP contribution in [0.4, 0.5) is 11.4 Å². The van der Waals surface area contributed by atoms with E-state index < -0.39 is 4.92 Å². The number of anilines is 1. The number of carbonyl (C=O) groups excluding carboxylic acids is 1. The summed E-state index contributed by atoms with van der Waals surface area (Å²) in [5.41, 5.74) is 0.605. The largest absolute Gasteiger partial charge is 0.379 e. The van der Waals surface area contributed by atoms with Crippen LogP contribution in [0.25, 0.3) is 0 Å². The molecule has 0 bridgehead atoms. The van der Waals surface area contributed by atoms with E-state index in [0.29, 0.717) is 23.7 Å². The lowest BCUT2D eigenvalue weighted by Crippen LogP contribution is -2.28. The number of nitrogens with one attached hydrogen (secondary N) is 2. The van der Waals surface area contributed by atoms with Gasteiger partial charge < -0.3 is 10.6 Å². The van der Waals surface area contributed by atoms with Crippen molar-refractivity contribution in [3.05, 3.63) is 33.9 Å². The second-order valence-corrected chi connectivity index (χ2v) is 5.37. The molecular weight excluding hydrogens is 270 g/mol. The first-order chi connectivity index (χ1) is 10.1. The van der Waals surface area contributed by atoms with Crippen molar-refractivity contribution in [3.8, 4) is 0 Å². The van der Waals surface area contributed by atoms with Gasteiger partial charge in [-0.15, -0.1) is 0 Å². The van der Waals surface area contributed by atoms with Gasteiger partial charge in [-0.1, -0.05) is 26.3 Å². The quantitative estimate of drug-likeness (QED) is 0.597. The maximum atomic E-state index is 12.3. The fourth-order valence-electron chi connectivity index (χ4n) is 2.44. The summed E-state index contributed by atoms with van der Waals surface area (Å²) in [5, 5.41) is 17.1. The van der Waals surface area contributed by atoms with E-state index in [1.54, 1.807) is 12.1 Å². The lowest BCUT2D eigenvalue weighted by Gasteiger charge is -2.12. The normalized spacial score (nSPS) is 19.9. The Balaban J connectivity index is 2.22. The van der Waals surface area contributed by atoms with E-state index in [9.17, 15) is 14.9 Å². The van der Waals surface area contributed by atoms with Gasteiger partial charge in [0.2, 0.25) is 0 Å². The van der Waals surface area contributed by atoms with Crippen LogP contribution in [0.2, 0.25) is 0 Å². The number of benzene rings is 1. The maximum Gasteiger partial charge on any atom is 0.293 e. The first-order valence-electron chi connectivity index (χ1n) is 7.40. The van der Waals surface area contributed by atoms with Crippen molar-refractivity contribution in [2.24, 2.45) is 5.92 Å². The molecule has 114 valence electrons. The van der Waals surface area contributed by atoms with Crippen molar-refractivity contribution in [1.82, 2.24) is 5.32 Å². The van der Waals surface area contributed by atoms with Gasteiger partial charge in [0.25, 0.3) is 11.6 Å². The number of carbonyl (C=O) groups is 1. The molecule has 0 aliphatic heterocycles. The summed E-state index contributed by atoms with van der Waals surface area (Å²) >= 11 is 0. The molecule has 0 radical (unpaired) electrons.